The first-order valence-corrected chi connectivity index (χ1v) is 7.88. The molecule has 0 bridgehead atoms. The second kappa shape index (κ2) is 6.63. The van der Waals surface area contributed by atoms with E-state index in [2.05, 4.69) is 20.1 Å². The van der Waals surface area contributed by atoms with Gasteiger partial charge in [-0.2, -0.15) is 5.10 Å². The first kappa shape index (κ1) is 15.9. The molecule has 1 N–H and O–H groups in total. The summed E-state index contributed by atoms with van der Waals surface area (Å²) in [4.78, 5) is 28.7. The van der Waals surface area contributed by atoms with Crippen LogP contribution in [0.5, 0.6) is 0 Å². The predicted octanol–water partition coefficient (Wildman–Crippen LogP) is 2.68. The number of hydrogen-bond acceptors (Lipinski definition) is 6. The molecule has 1 aromatic carbocycles. The lowest BCUT2D eigenvalue weighted by atomic mass is 10.3. The van der Waals surface area contributed by atoms with Crippen molar-refractivity contribution in [2.45, 2.75) is 6.92 Å². The number of anilines is 1. The lowest BCUT2D eigenvalue weighted by molar-refractivity contribution is 0.0605. The average molecular weight is 342 g/mol. The monoisotopic (exact) mass is 342 g/mol. The first-order chi connectivity index (χ1) is 11.6. The van der Waals surface area contributed by atoms with E-state index in [1.807, 2.05) is 30.3 Å². The number of amides is 1. The van der Waals surface area contributed by atoms with Crippen molar-refractivity contribution in [1.82, 2.24) is 14.8 Å². The van der Waals surface area contributed by atoms with Crippen molar-refractivity contribution in [2.75, 3.05) is 12.4 Å². The molecule has 0 aliphatic heterocycles. The molecule has 0 aliphatic rings. The molecule has 7 nitrogen and oxygen atoms in total. The number of carbonyl (C=O) groups excluding carboxylic acids is 2. The van der Waals surface area contributed by atoms with Gasteiger partial charge in [-0.15, -0.1) is 0 Å². The Kier molecular flexibility index (Phi) is 4.39. The van der Waals surface area contributed by atoms with Crippen LogP contribution in [-0.4, -0.2) is 33.8 Å². The topological polar surface area (TPSA) is 86.1 Å². The number of nitrogens with one attached hydrogen (secondary N) is 1. The summed E-state index contributed by atoms with van der Waals surface area (Å²) in [5.74, 6) is -0.832. The number of aromatic nitrogens is 3. The highest BCUT2D eigenvalue weighted by Gasteiger charge is 2.19. The van der Waals surface area contributed by atoms with Crippen molar-refractivity contribution in [3.8, 4) is 5.69 Å². The summed E-state index contributed by atoms with van der Waals surface area (Å²) in [6.07, 6.45) is 1.55. The number of hydrogen-bond donors (Lipinski definition) is 1. The van der Waals surface area contributed by atoms with Crippen LogP contribution in [0.15, 0.2) is 42.6 Å². The maximum atomic E-state index is 12.5. The third-order valence-corrected chi connectivity index (χ3v) is 4.32. The van der Waals surface area contributed by atoms with Gasteiger partial charge in [-0.25, -0.2) is 14.5 Å². The molecule has 0 unspecified atom stereocenters. The molecule has 3 rings (SSSR count). The third-order valence-electron chi connectivity index (χ3n) is 3.26. The minimum absolute atomic E-state index is 0.332. The zero-order chi connectivity index (χ0) is 17.1. The van der Waals surface area contributed by atoms with Crippen LogP contribution < -0.4 is 5.32 Å². The maximum Gasteiger partial charge on any atom is 0.350 e. The SMILES string of the molecule is COC(=O)c1sc(NC(=O)c2ccnn2-c2ccccc2)nc1C. The molecular formula is C16H14N4O3S. The molecule has 0 saturated heterocycles. The van der Waals surface area contributed by atoms with Gasteiger partial charge in [0.15, 0.2) is 5.13 Å². The summed E-state index contributed by atoms with van der Waals surface area (Å²) in [6.45, 7) is 1.69. The summed E-state index contributed by atoms with van der Waals surface area (Å²) in [5.41, 5.74) is 1.66. The number of methoxy groups -OCH3 is 1. The lowest BCUT2D eigenvalue weighted by Gasteiger charge is -2.06. The van der Waals surface area contributed by atoms with E-state index in [-0.39, 0.29) is 5.91 Å². The van der Waals surface area contributed by atoms with Crippen molar-refractivity contribution in [1.29, 1.82) is 0 Å². The Morgan fingerprint density at radius 1 is 1.21 bits per heavy atom. The number of aryl methyl sites for hydroxylation is 1. The highest BCUT2D eigenvalue weighted by molar-refractivity contribution is 7.17. The molecule has 0 spiro atoms. The second-order valence-electron chi connectivity index (χ2n) is 4.84. The Morgan fingerprint density at radius 2 is 1.96 bits per heavy atom. The quantitative estimate of drug-likeness (QED) is 0.737. The Labute approximate surface area is 141 Å². The number of thiazole rings is 1. The zero-order valence-electron chi connectivity index (χ0n) is 13.0. The Morgan fingerprint density at radius 3 is 2.67 bits per heavy atom. The van der Waals surface area contributed by atoms with E-state index in [9.17, 15) is 9.59 Å². The number of rotatable bonds is 4. The third kappa shape index (κ3) is 3.04. The van der Waals surface area contributed by atoms with Crippen LogP contribution in [0.2, 0.25) is 0 Å². The van der Waals surface area contributed by atoms with Gasteiger partial charge >= 0.3 is 5.97 Å². The van der Waals surface area contributed by atoms with E-state index in [1.165, 1.54) is 11.8 Å². The fourth-order valence-electron chi connectivity index (χ4n) is 2.14. The molecule has 1 amide bonds. The summed E-state index contributed by atoms with van der Waals surface area (Å²) in [6, 6.07) is 10.9. The standard InChI is InChI=1S/C16H14N4O3S/c1-10-13(15(22)23-2)24-16(18-10)19-14(21)12-8-9-17-20(12)11-6-4-3-5-7-11/h3-9H,1-2H3,(H,18,19,21). The van der Waals surface area contributed by atoms with Crippen molar-refractivity contribution in [3.05, 3.63) is 58.9 Å². The van der Waals surface area contributed by atoms with Crippen LogP contribution in [0.1, 0.15) is 25.9 Å². The van der Waals surface area contributed by atoms with Crippen LogP contribution >= 0.6 is 11.3 Å². The molecule has 0 aliphatic carbocycles. The lowest BCUT2D eigenvalue weighted by Crippen LogP contribution is -2.16. The molecule has 2 heterocycles. The van der Waals surface area contributed by atoms with Gasteiger partial charge in [0.2, 0.25) is 0 Å². The molecule has 0 saturated carbocycles. The Hall–Kier alpha value is -3.00. The molecule has 24 heavy (non-hydrogen) atoms. The molecule has 0 fully saturated rings. The minimum Gasteiger partial charge on any atom is -0.465 e. The van der Waals surface area contributed by atoms with Gasteiger partial charge in [0.05, 0.1) is 24.7 Å². The highest BCUT2D eigenvalue weighted by atomic mass is 32.1. The smallest absolute Gasteiger partial charge is 0.350 e. The highest BCUT2D eigenvalue weighted by Crippen LogP contribution is 2.24. The van der Waals surface area contributed by atoms with Crippen molar-refractivity contribution in [3.63, 3.8) is 0 Å². The van der Waals surface area contributed by atoms with E-state index in [4.69, 9.17) is 0 Å². The van der Waals surface area contributed by atoms with Crippen LogP contribution in [0.25, 0.3) is 5.69 Å². The van der Waals surface area contributed by atoms with Gasteiger partial charge in [-0.3, -0.25) is 10.1 Å². The van der Waals surface area contributed by atoms with E-state index in [0.717, 1.165) is 17.0 Å². The van der Waals surface area contributed by atoms with Gasteiger partial charge in [0, 0.05) is 0 Å². The molecule has 122 valence electrons. The van der Waals surface area contributed by atoms with E-state index in [0.29, 0.717) is 21.4 Å². The van der Waals surface area contributed by atoms with Gasteiger partial charge in [-0.05, 0) is 25.1 Å². The van der Waals surface area contributed by atoms with Crippen LogP contribution in [0, 0.1) is 6.92 Å². The Balaban J connectivity index is 1.85. The minimum atomic E-state index is -0.472. The number of para-hydroxylation sites is 1. The van der Waals surface area contributed by atoms with Gasteiger partial charge < -0.3 is 4.74 Å². The first-order valence-electron chi connectivity index (χ1n) is 7.06. The summed E-state index contributed by atoms with van der Waals surface area (Å²) in [5, 5.41) is 7.20. The fraction of sp³-hybridized carbons (Fsp3) is 0.125. The number of carbonyl (C=O) groups is 2. The van der Waals surface area contributed by atoms with Crippen LogP contribution in [0.3, 0.4) is 0 Å². The van der Waals surface area contributed by atoms with Crippen LogP contribution in [-0.2, 0) is 4.74 Å². The molecule has 8 heteroatoms. The predicted molar refractivity (Wildman–Crippen MR) is 89.7 cm³/mol. The van der Waals surface area contributed by atoms with E-state index >= 15 is 0 Å². The van der Waals surface area contributed by atoms with Crippen molar-refractivity contribution < 1.29 is 14.3 Å². The molecule has 3 aromatic rings. The summed E-state index contributed by atoms with van der Waals surface area (Å²) in [7, 11) is 1.30. The number of esters is 1. The number of ether oxygens (including phenoxy) is 1. The molecular weight excluding hydrogens is 328 g/mol. The molecule has 0 radical (unpaired) electrons. The van der Waals surface area contributed by atoms with Gasteiger partial charge in [0.25, 0.3) is 5.91 Å². The summed E-state index contributed by atoms with van der Waals surface area (Å²) < 4.78 is 6.23. The van der Waals surface area contributed by atoms with Crippen molar-refractivity contribution in [2.24, 2.45) is 0 Å². The zero-order valence-corrected chi connectivity index (χ0v) is 13.8. The average Bonchev–Trinajstić information content (AvgIpc) is 3.22. The van der Waals surface area contributed by atoms with E-state index < -0.39 is 5.97 Å². The van der Waals surface area contributed by atoms with Gasteiger partial charge in [0.1, 0.15) is 10.6 Å². The number of benzene rings is 1. The number of nitrogens with zero attached hydrogens (tertiary/aromatic N) is 3. The van der Waals surface area contributed by atoms with Gasteiger partial charge in [-0.1, -0.05) is 29.5 Å². The fourth-order valence-corrected chi connectivity index (χ4v) is 3.02. The molecule has 0 atom stereocenters. The van der Waals surface area contributed by atoms with E-state index in [1.54, 1.807) is 19.2 Å². The van der Waals surface area contributed by atoms with Crippen molar-refractivity contribution >= 4 is 28.3 Å². The molecule has 2 aromatic heterocycles. The second-order valence-corrected chi connectivity index (χ2v) is 5.84. The summed E-state index contributed by atoms with van der Waals surface area (Å²) >= 11 is 1.07. The maximum absolute atomic E-state index is 12.5. The Bertz CT molecular complexity index is 886. The normalized spacial score (nSPS) is 10.4. The largest absolute Gasteiger partial charge is 0.465 e. The van der Waals surface area contributed by atoms with Crippen LogP contribution in [0.4, 0.5) is 5.13 Å².